The first-order valence-corrected chi connectivity index (χ1v) is 10.6. The number of halogens is 2. The summed E-state index contributed by atoms with van der Waals surface area (Å²) in [5, 5.41) is 16.9. The lowest BCUT2D eigenvalue weighted by atomic mass is 10.2. The average molecular weight is 485 g/mol. The number of amides is 1. The Kier molecular flexibility index (Phi) is 6.57. The quantitative estimate of drug-likeness (QED) is 0.197. The average Bonchev–Trinajstić information content (AvgIpc) is 3.22. The van der Waals surface area contributed by atoms with Gasteiger partial charge in [0.1, 0.15) is 11.6 Å². The van der Waals surface area contributed by atoms with Gasteiger partial charge >= 0.3 is 0 Å². The zero-order valence-electron chi connectivity index (χ0n) is 16.7. The molecule has 1 heterocycles. The second-order valence-corrected chi connectivity index (χ2v) is 8.10. The van der Waals surface area contributed by atoms with Crippen molar-refractivity contribution in [1.82, 2.24) is 4.98 Å². The topological polar surface area (TPSA) is 97.9 Å². The van der Waals surface area contributed by atoms with Crippen LogP contribution in [0.5, 0.6) is 5.75 Å². The van der Waals surface area contributed by atoms with E-state index in [9.17, 15) is 19.3 Å². The molecule has 3 aromatic carbocycles. The number of ether oxygens (including phenoxy) is 1. The van der Waals surface area contributed by atoms with Gasteiger partial charge in [0.15, 0.2) is 6.61 Å². The fourth-order valence-electron chi connectivity index (χ4n) is 2.74. The summed E-state index contributed by atoms with van der Waals surface area (Å²) in [7, 11) is 0. The molecule has 0 spiro atoms. The Morgan fingerprint density at radius 2 is 1.91 bits per heavy atom. The number of rotatable bonds is 7. The number of anilines is 1. The molecule has 4 rings (SSSR count). The molecule has 0 saturated carbocycles. The van der Waals surface area contributed by atoms with E-state index in [1.165, 1.54) is 48.7 Å². The lowest BCUT2D eigenvalue weighted by molar-refractivity contribution is -0.384. The van der Waals surface area contributed by atoms with Crippen LogP contribution in [0.15, 0.2) is 71.8 Å². The predicted octanol–water partition coefficient (Wildman–Crippen LogP) is 5.44. The molecule has 0 N–H and O–H groups in total. The Bertz CT molecular complexity index is 1340. The van der Waals surface area contributed by atoms with Gasteiger partial charge in [-0.25, -0.2) is 9.37 Å². The van der Waals surface area contributed by atoms with Crippen molar-refractivity contribution in [3.63, 3.8) is 0 Å². The first-order valence-electron chi connectivity index (χ1n) is 9.45. The minimum atomic E-state index is -0.525. The van der Waals surface area contributed by atoms with Crippen LogP contribution in [0.4, 0.5) is 15.2 Å². The molecule has 166 valence electrons. The van der Waals surface area contributed by atoms with Crippen molar-refractivity contribution in [3.8, 4) is 5.75 Å². The Labute approximate surface area is 195 Å². The molecule has 0 fully saturated rings. The van der Waals surface area contributed by atoms with Crippen molar-refractivity contribution in [3.05, 3.63) is 93.2 Å². The van der Waals surface area contributed by atoms with Crippen molar-refractivity contribution in [2.75, 3.05) is 11.6 Å². The van der Waals surface area contributed by atoms with Crippen LogP contribution >= 0.6 is 22.9 Å². The van der Waals surface area contributed by atoms with Gasteiger partial charge in [-0.1, -0.05) is 22.9 Å². The molecular weight excluding hydrogens is 471 g/mol. The van der Waals surface area contributed by atoms with Gasteiger partial charge in [-0.2, -0.15) is 10.1 Å². The summed E-state index contributed by atoms with van der Waals surface area (Å²) in [5.41, 5.74) is 0.979. The SMILES string of the molecule is O=C(COc1ccc(Cl)cc1)N(/N=C/c1ccc([N+](=O)[O-])cc1)c1nc2ccc(F)cc2s1. The zero-order chi connectivity index (χ0) is 23.4. The Morgan fingerprint density at radius 3 is 2.61 bits per heavy atom. The monoisotopic (exact) mass is 484 g/mol. The van der Waals surface area contributed by atoms with Crippen LogP contribution in [0.2, 0.25) is 5.02 Å². The molecule has 0 aliphatic carbocycles. The summed E-state index contributed by atoms with van der Waals surface area (Å²) in [4.78, 5) is 27.7. The lowest BCUT2D eigenvalue weighted by Crippen LogP contribution is -2.30. The first-order chi connectivity index (χ1) is 15.9. The van der Waals surface area contributed by atoms with Gasteiger partial charge in [-0.15, -0.1) is 0 Å². The molecule has 0 aliphatic rings. The van der Waals surface area contributed by atoms with Crippen LogP contribution in [0.1, 0.15) is 5.56 Å². The van der Waals surface area contributed by atoms with Gasteiger partial charge in [0.2, 0.25) is 5.13 Å². The fourth-order valence-corrected chi connectivity index (χ4v) is 3.83. The third kappa shape index (κ3) is 5.48. The molecule has 0 radical (unpaired) electrons. The van der Waals surface area contributed by atoms with E-state index in [-0.39, 0.29) is 17.4 Å². The van der Waals surface area contributed by atoms with E-state index < -0.39 is 16.6 Å². The van der Waals surface area contributed by atoms with E-state index in [1.54, 1.807) is 24.3 Å². The third-order valence-corrected chi connectivity index (χ3v) is 5.60. The van der Waals surface area contributed by atoms with Crippen molar-refractivity contribution in [1.29, 1.82) is 0 Å². The number of hydrazone groups is 1. The number of hydrogen-bond donors (Lipinski definition) is 0. The second kappa shape index (κ2) is 9.72. The summed E-state index contributed by atoms with van der Waals surface area (Å²) in [5.74, 6) is -0.503. The molecule has 0 saturated heterocycles. The molecule has 0 unspecified atom stereocenters. The van der Waals surface area contributed by atoms with Crippen molar-refractivity contribution < 1.29 is 18.8 Å². The van der Waals surface area contributed by atoms with Gasteiger partial charge in [-0.3, -0.25) is 14.9 Å². The van der Waals surface area contributed by atoms with Gasteiger partial charge in [0.25, 0.3) is 11.6 Å². The summed E-state index contributed by atoms with van der Waals surface area (Å²) in [6.07, 6.45) is 1.37. The second-order valence-electron chi connectivity index (χ2n) is 6.65. The highest BCUT2D eigenvalue weighted by molar-refractivity contribution is 7.22. The minimum Gasteiger partial charge on any atom is -0.484 e. The predicted molar refractivity (Wildman–Crippen MR) is 125 cm³/mol. The first kappa shape index (κ1) is 22.3. The van der Waals surface area contributed by atoms with Crippen LogP contribution in [-0.2, 0) is 4.79 Å². The van der Waals surface area contributed by atoms with Gasteiger partial charge < -0.3 is 4.74 Å². The highest BCUT2D eigenvalue weighted by Crippen LogP contribution is 2.30. The van der Waals surface area contributed by atoms with E-state index in [2.05, 4.69) is 10.1 Å². The minimum absolute atomic E-state index is 0.0651. The molecular formula is C22H14ClFN4O4S. The van der Waals surface area contributed by atoms with E-state index in [0.717, 1.165) is 16.3 Å². The molecule has 0 bridgehead atoms. The molecule has 1 amide bonds. The number of non-ortho nitro benzene ring substituents is 1. The molecule has 11 heteroatoms. The van der Waals surface area contributed by atoms with Crippen LogP contribution in [0.25, 0.3) is 10.2 Å². The molecule has 33 heavy (non-hydrogen) atoms. The summed E-state index contributed by atoms with van der Waals surface area (Å²) < 4.78 is 19.7. The number of thiazole rings is 1. The lowest BCUT2D eigenvalue weighted by Gasteiger charge is -2.14. The standard InChI is InChI=1S/C22H14ClFN4O4S/c23-15-3-8-18(9-4-15)32-13-21(29)27(22-26-19-10-5-16(24)11-20(19)33-22)25-12-14-1-6-17(7-2-14)28(30)31/h1-12H,13H2/b25-12+. The number of fused-ring (bicyclic) bond motifs is 1. The van der Waals surface area contributed by atoms with E-state index in [0.29, 0.717) is 26.6 Å². The fraction of sp³-hybridized carbons (Fsp3) is 0.0455. The van der Waals surface area contributed by atoms with E-state index >= 15 is 0 Å². The highest BCUT2D eigenvalue weighted by Gasteiger charge is 2.20. The molecule has 4 aromatic rings. The molecule has 0 atom stereocenters. The number of hydrogen-bond acceptors (Lipinski definition) is 7. The highest BCUT2D eigenvalue weighted by atomic mass is 35.5. The molecule has 0 aliphatic heterocycles. The third-order valence-electron chi connectivity index (χ3n) is 4.36. The van der Waals surface area contributed by atoms with E-state index in [1.807, 2.05) is 0 Å². The molecule has 8 nitrogen and oxygen atoms in total. The maximum atomic E-state index is 13.6. The summed E-state index contributed by atoms with van der Waals surface area (Å²) >= 11 is 6.95. The number of nitro benzene ring substituents is 1. The Morgan fingerprint density at radius 1 is 1.18 bits per heavy atom. The summed E-state index contributed by atoms with van der Waals surface area (Å²) in [6, 6.07) is 16.3. The van der Waals surface area contributed by atoms with Crippen LogP contribution < -0.4 is 9.75 Å². The molecule has 1 aromatic heterocycles. The number of benzene rings is 3. The largest absolute Gasteiger partial charge is 0.484 e. The maximum absolute atomic E-state index is 13.6. The van der Waals surface area contributed by atoms with Crippen LogP contribution in [0, 0.1) is 15.9 Å². The number of carbonyl (C=O) groups excluding carboxylic acids is 1. The Balaban J connectivity index is 1.60. The normalized spacial score (nSPS) is 11.1. The zero-order valence-corrected chi connectivity index (χ0v) is 18.3. The van der Waals surface area contributed by atoms with Gasteiger partial charge in [0, 0.05) is 17.2 Å². The van der Waals surface area contributed by atoms with E-state index in [4.69, 9.17) is 16.3 Å². The number of nitrogens with zero attached hydrogens (tertiary/aromatic N) is 4. The van der Waals surface area contributed by atoms with Crippen molar-refractivity contribution in [2.45, 2.75) is 0 Å². The van der Waals surface area contributed by atoms with Crippen LogP contribution in [0.3, 0.4) is 0 Å². The van der Waals surface area contributed by atoms with Crippen molar-refractivity contribution in [2.24, 2.45) is 5.10 Å². The number of nitro groups is 1. The van der Waals surface area contributed by atoms with Gasteiger partial charge in [0.05, 0.1) is 21.4 Å². The van der Waals surface area contributed by atoms with Crippen LogP contribution in [-0.4, -0.2) is 28.6 Å². The Hall–Kier alpha value is -3.89. The number of carbonyl (C=O) groups is 1. The van der Waals surface area contributed by atoms with Crippen molar-refractivity contribution >= 4 is 56.1 Å². The van der Waals surface area contributed by atoms with Gasteiger partial charge in [-0.05, 0) is 60.2 Å². The maximum Gasteiger partial charge on any atom is 0.287 e. The summed E-state index contributed by atoms with van der Waals surface area (Å²) in [6.45, 7) is -0.344. The number of aromatic nitrogens is 1. The smallest absolute Gasteiger partial charge is 0.287 e.